The van der Waals surface area contributed by atoms with Gasteiger partial charge >= 0.3 is 5.97 Å². The van der Waals surface area contributed by atoms with Crippen LogP contribution in [0.4, 0.5) is 0 Å². The van der Waals surface area contributed by atoms with Gasteiger partial charge in [0.15, 0.2) is 12.1 Å². The highest BCUT2D eigenvalue weighted by Crippen LogP contribution is 2.33. The molecule has 2 aliphatic heterocycles. The summed E-state index contributed by atoms with van der Waals surface area (Å²) in [6.07, 6.45) is 1.50. The topological polar surface area (TPSA) is 173 Å². The Hall–Kier alpha value is -2.92. The van der Waals surface area contributed by atoms with Crippen LogP contribution in [-0.4, -0.2) is 124 Å². The predicted octanol–water partition coefficient (Wildman–Crippen LogP) is 2.89. The first kappa shape index (κ1) is 40.8. The molecule has 2 aliphatic rings. The van der Waals surface area contributed by atoms with Crippen LogP contribution in [0.25, 0.3) is 10.4 Å². The molecule has 0 saturated carbocycles. The zero-order valence-electron chi connectivity index (χ0n) is 30.3. The predicted molar refractivity (Wildman–Crippen MR) is 193 cm³/mol. The van der Waals surface area contributed by atoms with E-state index >= 15 is 0 Å². The van der Waals surface area contributed by atoms with Crippen molar-refractivity contribution in [2.45, 2.75) is 108 Å². The summed E-state index contributed by atoms with van der Waals surface area (Å²) in [6, 6.07) is 7.43. The van der Waals surface area contributed by atoms with Crippen molar-refractivity contribution in [3.8, 4) is 10.4 Å². The van der Waals surface area contributed by atoms with Crippen LogP contribution in [0.3, 0.4) is 0 Å². The Morgan fingerprint density at radius 3 is 2.45 bits per heavy atom. The second kappa shape index (κ2) is 19.8. The van der Waals surface area contributed by atoms with Crippen molar-refractivity contribution in [2.24, 2.45) is 11.8 Å². The number of nitrogens with one attached hydrogen (secondary N) is 1. The lowest BCUT2D eigenvalue weighted by molar-refractivity contribution is -0.309. The molecule has 0 unspecified atom stereocenters. The summed E-state index contributed by atoms with van der Waals surface area (Å²) in [6.45, 7) is 6.39. The molecule has 14 heteroatoms. The lowest BCUT2D eigenvalue weighted by Gasteiger charge is -2.46. The number of cyclic esters (lactones) is 1. The number of ketones is 1. The second-order valence-electron chi connectivity index (χ2n) is 13.8. The maximum Gasteiger partial charge on any atom is 0.308 e. The molecule has 0 radical (unpaired) electrons. The van der Waals surface area contributed by atoms with Crippen LogP contribution < -0.4 is 5.32 Å². The van der Waals surface area contributed by atoms with E-state index in [0.29, 0.717) is 32.4 Å². The number of methoxy groups -OCH3 is 1. The van der Waals surface area contributed by atoms with Gasteiger partial charge in [-0.2, -0.15) is 0 Å². The Labute approximate surface area is 304 Å². The van der Waals surface area contributed by atoms with Crippen LogP contribution >= 0.6 is 11.5 Å². The van der Waals surface area contributed by atoms with Crippen LogP contribution in [0.15, 0.2) is 54.8 Å². The molecule has 1 fully saturated rings. The number of benzene rings is 1. The lowest BCUT2D eigenvalue weighted by atomic mass is 9.82. The van der Waals surface area contributed by atoms with E-state index in [1.54, 1.807) is 51.2 Å². The molecule has 0 bridgehead atoms. The highest BCUT2D eigenvalue weighted by molar-refractivity contribution is 7.09. The number of rotatable bonds is 10. The zero-order chi connectivity index (χ0) is 37.1. The number of esters is 1. The van der Waals surface area contributed by atoms with Crippen molar-refractivity contribution < 1.29 is 43.9 Å². The molecule has 1 aromatic heterocycles. The van der Waals surface area contributed by atoms with Gasteiger partial charge in [-0.05, 0) is 82.0 Å². The third-order valence-corrected chi connectivity index (χ3v) is 10.3. The largest absolute Gasteiger partial charge is 0.462 e. The van der Waals surface area contributed by atoms with Crippen LogP contribution in [0, 0.1) is 11.8 Å². The van der Waals surface area contributed by atoms with Gasteiger partial charge in [-0.3, -0.25) is 9.59 Å². The van der Waals surface area contributed by atoms with Crippen molar-refractivity contribution in [3.63, 3.8) is 0 Å². The average Bonchev–Trinajstić information content (AvgIpc) is 3.63. The first-order chi connectivity index (χ1) is 24.4. The first-order valence-corrected chi connectivity index (χ1v) is 18.3. The van der Waals surface area contributed by atoms with Gasteiger partial charge in [-0.1, -0.05) is 53.9 Å². The number of likely N-dealkylation sites (N-methyl/N-ethyl adjacent to an activating group) is 1. The summed E-state index contributed by atoms with van der Waals surface area (Å²) in [7, 11) is 4.93. The Morgan fingerprint density at radius 2 is 1.78 bits per heavy atom. The van der Waals surface area contributed by atoms with Crippen molar-refractivity contribution >= 4 is 23.3 Å². The summed E-state index contributed by atoms with van der Waals surface area (Å²) in [5, 5.41) is 41.2. The van der Waals surface area contributed by atoms with E-state index in [4.69, 9.17) is 18.9 Å². The number of hydrogen-bond donors (Lipinski definition) is 4. The molecular formula is C37H54N4O9S. The molecule has 1 saturated heterocycles. The zero-order valence-corrected chi connectivity index (χ0v) is 31.1. The summed E-state index contributed by atoms with van der Waals surface area (Å²) in [5.74, 6) is -1.52. The standard InChI is InChI=1S/C37H54N4O9S/c1-22-18-27(16-17-38-20-25-12-14-26(15-13-25)30-21-39-40-51-30)35(50-37-34(46)32(41(4)5)33(45)24(3)49-37)36(47-6)29(43)19-31(44)48-23(2)10-8-7-9-11-28(22)42/h7-9,11-15,21-24,27,29,32-38,43,45-46H,10,16-20H2,1-6H3/b8-7+,11-9+/t22-,23-,24-,27-,29+,32+,33-,34-,35+,36+,37+/m1/s1. The summed E-state index contributed by atoms with van der Waals surface area (Å²) in [5.41, 5.74) is 2.11. The number of aliphatic hydroxyl groups is 3. The molecule has 13 nitrogen and oxygen atoms in total. The fraction of sp³-hybridized carbons (Fsp3) is 0.622. The number of carbonyl (C=O) groups excluding carboxylic acids is 2. The SMILES string of the molecule is CO[C@@H]1[C@@H](O[C@@H]2O[C@H](C)[C@@H](O)[C@H](N(C)C)[C@H]2O)[C@H](CCNCc2ccc(-c3cnns3)cc2)C[C@@H](C)C(=O)/C=C/C=C/C[C@@H](C)OC(=O)C[C@@H]1O. The van der Waals surface area contributed by atoms with Gasteiger partial charge in [-0.25, -0.2) is 0 Å². The minimum absolute atomic E-state index is 0.0768. The minimum Gasteiger partial charge on any atom is -0.462 e. The van der Waals surface area contributed by atoms with Crippen molar-refractivity contribution in [1.29, 1.82) is 0 Å². The van der Waals surface area contributed by atoms with E-state index in [2.05, 4.69) is 14.9 Å². The Bertz CT molecular complexity index is 1420. The summed E-state index contributed by atoms with van der Waals surface area (Å²) >= 11 is 1.34. The number of ether oxygens (including phenoxy) is 4. The van der Waals surface area contributed by atoms with Gasteiger partial charge in [0.1, 0.15) is 18.3 Å². The Morgan fingerprint density at radius 1 is 1.04 bits per heavy atom. The normalized spacial score (nSPS) is 34.3. The van der Waals surface area contributed by atoms with Gasteiger partial charge in [-0.15, -0.1) is 5.10 Å². The van der Waals surface area contributed by atoms with Crippen LogP contribution in [0.5, 0.6) is 0 Å². The maximum absolute atomic E-state index is 13.3. The molecule has 0 aliphatic carbocycles. The number of aromatic nitrogens is 2. The lowest BCUT2D eigenvalue weighted by Crippen LogP contribution is -2.63. The summed E-state index contributed by atoms with van der Waals surface area (Å²) in [4.78, 5) is 29.0. The van der Waals surface area contributed by atoms with E-state index in [-0.39, 0.29) is 12.2 Å². The van der Waals surface area contributed by atoms with Gasteiger partial charge in [0.2, 0.25) is 0 Å². The maximum atomic E-state index is 13.3. The third kappa shape index (κ3) is 11.5. The van der Waals surface area contributed by atoms with E-state index in [1.165, 1.54) is 24.7 Å². The smallest absolute Gasteiger partial charge is 0.308 e. The molecule has 3 heterocycles. The molecule has 4 N–H and O–H groups in total. The molecule has 282 valence electrons. The summed E-state index contributed by atoms with van der Waals surface area (Å²) < 4.78 is 28.0. The highest BCUT2D eigenvalue weighted by Gasteiger charge is 2.48. The fourth-order valence-electron chi connectivity index (χ4n) is 6.72. The van der Waals surface area contributed by atoms with Crippen molar-refractivity contribution in [1.82, 2.24) is 19.8 Å². The van der Waals surface area contributed by atoms with Crippen LogP contribution in [-0.2, 0) is 35.1 Å². The van der Waals surface area contributed by atoms with E-state index in [0.717, 1.165) is 16.0 Å². The highest BCUT2D eigenvalue weighted by atomic mass is 32.1. The first-order valence-electron chi connectivity index (χ1n) is 17.6. The molecular weight excluding hydrogens is 676 g/mol. The van der Waals surface area contributed by atoms with E-state index in [1.807, 2.05) is 37.3 Å². The molecule has 4 rings (SSSR count). The average molecular weight is 731 g/mol. The molecule has 51 heavy (non-hydrogen) atoms. The number of aliphatic hydroxyl groups excluding tert-OH is 3. The third-order valence-electron chi connectivity index (χ3n) is 9.58. The van der Waals surface area contributed by atoms with Gasteiger partial charge in [0.25, 0.3) is 0 Å². The number of carbonyl (C=O) groups is 2. The van der Waals surface area contributed by atoms with Crippen LogP contribution in [0.1, 0.15) is 52.0 Å². The molecule has 2 aromatic rings. The van der Waals surface area contributed by atoms with E-state index < -0.39 is 72.9 Å². The number of hydrogen-bond acceptors (Lipinski definition) is 14. The molecule has 0 amide bonds. The number of allylic oxidation sites excluding steroid dienone is 3. The Balaban J connectivity index is 1.62. The van der Waals surface area contributed by atoms with E-state index in [9.17, 15) is 24.9 Å². The number of nitrogens with zero attached hydrogens (tertiary/aromatic N) is 3. The monoisotopic (exact) mass is 730 g/mol. The minimum atomic E-state index is -1.34. The van der Waals surface area contributed by atoms with Crippen LogP contribution in [0.2, 0.25) is 0 Å². The Kier molecular flexibility index (Phi) is 15.8. The van der Waals surface area contributed by atoms with Gasteiger partial charge in [0, 0.05) is 26.0 Å². The quantitative estimate of drug-likeness (QED) is 0.208. The van der Waals surface area contributed by atoms with Gasteiger partial charge in [0.05, 0.1) is 48.0 Å². The molecule has 1 aromatic carbocycles. The van der Waals surface area contributed by atoms with Gasteiger partial charge < -0.3 is 44.5 Å². The van der Waals surface area contributed by atoms with Crippen molar-refractivity contribution in [3.05, 3.63) is 60.3 Å². The second-order valence-corrected chi connectivity index (χ2v) is 14.6. The molecule has 0 spiro atoms. The van der Waals surface area contributed by atoms with Crippen molar-refractivity contribution in [2.75, 3.05) is 27.7 Å². The fourth-order valence-corrected chi connectivity index (χ4v) is 7.24. The molecule has 11 atom stereocenters.